The first-order valence-electron chi connectivity index (χ1n) is 7.58. The van der Waals surface area contributed by atoms with Crippen LogP contribution in [0.1, 0.15) is 20.3 Å². The van der Waals surface area contributed by atoms with E-state index in [0.29, 0.717) is 5.16 Å². The van der Waals surface area contributed by atoms with Gasteiger partial charge in [0.1, 0.15) is 0 Å². The van der Waals surface area contributed by atoms with Crippen molar-refractivity contribution in [1.29, 1.82) is 0 Å². The van der Waals surface area contributed by atoms with Crippen LogP contribution in [0.15, 0.2) is 29.7 Å². The molecule has 128 valence electrons. The van der Waals surface area contributed by atoms with Gasteiger partial charge in [-0.2, -0.15) is 0 Å². The summed E-state index contributed by atoms with van der Waals surface area (Å²) in [4.78, 5) is 27.0. The first kappa shape index (κ1) is 17.9. The Hall–Kier alpha value is -2.42. The van der Waals surface area contributed by atoms with Crippen molar-refractivity contribution in [2.75, 3.05) is 12.4 Å². The molecule has 0 saturated carbocycles. The molecule has 0 spiro atoms. The van der Waals surface area contributed by atoms with Crippen molar-refractivity contribution in [1.82, 2.24) is 25.1 Å². The lowest BCUT2D eigenvalue weighted by Gasteiger charge is -2.08. The van der Waals surface area contributed by atoms with Crippen LogP contribution in [0.3, 0.4) is 0 Å². The minimum atomic E-state index is -0.740. The summed E-state index contributed by atoms with van der Waals surface area (Å²) >= 11 is 1.22. The molecule has 0 bridgehead atoms. The fourth-order valence-corrected chi connectivity index (χ4v) is 2.75. The highest BCUT2D eigenvalue weighted by Crippen LogP contribution is 2.23. The van der Waals surface area contributed by atoms with E-state index in [-0.39, 0.29) is 12.4 Å². The average Bonchev–Trinajstić information content (AvgIpc) is 2.97. The second-order valence-electron chi connectivity index (χ2n) is 4.75. The lowest BCUT2D eigenvalue weighted by molar-refractivity contribution is -0.117. The quantitative estimate of drug-likeness (QED) is 0.764. The van der Waals surface area contributed by atoms with Gasteiger partial charge in [-0.05, 0) is 25.5 Å². The third kappa shape index (κ3) is 4.79. The van der Waals surface area contributed by atoms with Crippen molar-refractivity contribution >= 4 is 23.8 Å². The van der Waals surface area contributed by atoms with Crippen LogP contribution in [-0.2, 0) is 16.1 Å². The molecule has 8 nitrogen and oxygen atoms in total. The van der Waals surface area contributed by atoms with Crippen molar-refractivity contribution < 1.29 is 14.3 Å². The predicted molar refractivity (Wildman–Crippen MR) is 89.4 cm³/mol. The van der Waals surface area contributed by atoms with Crippen LogP contribution in [0, 0.1) is 0 Å². The number of amides is 2. The highest BCUT2D eigenvalue weighted by molar-refractivity contribution is 7.99. The summed E-state index contributed by atoms with van der Waals surface area (Å²) in [6.07, 6.45) is 3.55. The zero-order valence-electron chi connectivity index (χ0n) is 13.6. The number of nitrogens with zero attached hydrogens (tertiary/aromatic N) is 4. The summed E-state index contributed by atoms with van der Waals surface area (Å²) in [6.45, 7) is 4.67. The summed E-state index contributed by atoms with van der Waals surface area (Å²) in [6, 6.07) is 3.72. The zero-order chi connectivity index (χ0) is 17.4. The second kappa shape index (κ2) is 9.02. The van der Waals surface area contributed by atoms with E-state index >= 15 is 0 Å². The molecule has 2 heterocycles. The van der Waals surface area contributed by atoms with E-state index in [4.69, 9.17) is 0 Å². The van der Waals surface area contributed by atoms with Crippen LogP contribution in [0.4, 0.5) is 4.79 Å². The Morgan fingerprint density at radius 2 is 2.00 bits per heavy atom. The number of imide groups is 1. The third-order valence-electron chi connectivity index (χ3n) is 2.95. The highest BCUT2D eigenvalue weighted by atomic mass is 32.2. The van der Waals surface area contributed by atoms with Crippen LogP contribution in [0.5, 0.6) is 0 Å². The predicted octanol–water partition coefficient (Wildman–Crippen LogP) is 2.11. The Morgan fingerprint density at radius 3 is 2.67 bits per heavy atom. The van der Waals surface area contributed by atoms with Gasteiger partial charge in [-0.15, -0.1) is 10.2 Å². The molecule has 0 atom stereocenters. The zero-order valence-corrected chi connectivity index (χ0v) is 14.4. The van der Waals surface area contributed by atoms with E-state index in [1.54, 1.807) is 19.3 Å². The molecular weight excluding hydrogens is 330 g/mol. The molecule has 0 fully saturated rings. The topological polar surface area (TPSA) is 99.0 Å². The lowest BCUT2D eigenvalue weighted by Crippen LogP contribution is -2.32. The standard InChI is InChI=1S/C15H19N5O3S/c1-3-9-20-13(11-5-7-16-8-6-11)18-19-14(20)24-10-12(21)17-15(22)23-4-2/h5-8H,3-4,9-10H2,1-2H3,(H,17,21,22). The number of pyridine rings is 1. The number of ether oxygens (including phenoxy) is 1. The fourth-order valence-electron chi connectivity index (χ4n) is 1.98. The number of nitrogens with one attached hydrogen (secondary N) is 1. The third-order valence-corrected chi connectivity index (χ3v) is 3.92. The minimum absolute atomic E-state index is 0.0526. The van der Waals surface area contributed by atoms with E-state index in [1.807, 2.05) is 16.7 Å². The van der Waals surface area contributed by atoms with Gasteiger partial charge in [0.05, 0.1) is 12.4 Å². The van der Waals surface area contributed by atoms with Crippen molar-refractivity contribution in [2.45, 2.75) is 32.0 Å². The highest BCUT2D eigenvalue weighted by Gasteiger charge is 2.16. The molecule has 0 radical (unpaired) electrons. The lowest BCUT2D eigenvalue weighted by atomic mass is 10.2. The van der Waals surface area contributed by atoms with Gasteiger partial charge < -0.3 is 9.30 Å². The van der Waals surface area contributed by atoms with Gasteiger partial charge in [0.15, 0.2) is 11.0 Å². The maximum Gasteiger partial charge on any atom is 0.413 e. The Morgan fingerprint density at radius 1 is 1.25 bits per heavy atom. The number of hydrogen-bond acceptors (Lipinski definition) is 7. The van der Waals surface area contributed by atoms with Crippen molar-refractivity contribution in [3.05, 3.63) is 24.5 Å². The van der Waals surface area contributed by atoms with E-state index in [0.717, 1.165) is 24.4 Å². The van der Waals surface area contributed by atoms with Crippen molar-refractivity contribution in [2.24, 2.45) is 0 Å². The van der Waals surface area contributed by atoms with Gasteiger partial charge in [-0.3, -0.25) is 15.1 Å². The molecule has 1 N–H and O–H groups in total. The monoisotopic (exact) mass is 349 g/mol. The van der Waals surface area contributed by atoms with Gasteiger partial charge in [-0.25, -0.2) is 4.79 Å². The first-order chi connectivity index (χ1) is 11.7. The van der Waals surface area contributed by atoms with Gasteiger partial charge >= 0.3 is 6.09 Å². The molecule has 2 aromatic heterocycles. The summed E-state index contributed by atoms with van der Waals surface area (Å²) < 4.78 is 6.63. The smallest absolute Gasteiger partial charge is 0.413 e. The maximum atomic E-state index is 11.7. The molecule has 0 unspecified atom stereocenters. The normalized spacial score (nSPS) is 10.4. The number of rotatable bonds is 7. The summed E-state index contributed by atoms with van der Waals surface area (Å²) in [5, 5.41) is 11.2. The van der Waals surface area contributed by atoms with Crippen LogP contribution >= 0.6 is 11.8 Å². The Labute approximate surface area is 144 Å². The van der Waals surface area contributed by atoms with Crippen LogP contribution < -0.4 is 5.32 Å². The van der Waals surface area contributed by atoms with Crippen LogP contribution in [0.2, 0.25) is 0 Å². The van der Waals surface area contributed by atoms with Crippen molar-refractivity contribution in [3.8, 4) is 11.4 Å². The summed E-state index contributed by atoms with van der Waals surface area (Å²) in [5.74, 6) is 0.347. The Balaban J connectivity index is 2.06. The molecule has 0 saturated heterocycles. The van der Waals surface area contributed by atoms with Crippen LogP contribution in [0.25, 0.3) is 11.4 Å². The van der Waals surface area contributed by atoms with E-state index in [1.165, 1.54) is 11.8 Å². The molecule has 9 heteroatoms. The number of thioether (sulfide) groups is 1. The van der Waals surface area contributed by atoms with Crippen molar-refractivity contribution in [3.63, 3.8) is 0 Å². The number of hydrogen-bond donors (Lipinski definition) is 1. The number of aromatic nitrogens is 4. The molecule has 0 aliphatic heterocycles. The molecule has 2 amide bonds. The molecule has 0 aliphatic carbocycles. The van der Waals surface area contributed by atoms with Gasteiger partial charge in [0.2, 0.25) is 5.91 Å². The summed E-state index contributed by atoms with van der Waals surface area (Å²) in [7, 11) is 0. The molecular formula is C15H19N5O3S. The maximum absolute atomic E-state index is 11.7. The van der Waals surface area contributed by atoms with E-state index < -0.39 is 12.0 Å². The number of carbonyl (C=O) groups excluding carboxylic acids is 2. The van der Waals surface area contributed by atoms with Gasteiger partial charge in [0.25, 0.3) is 0 Å². The van der Waals surface area contributed by atoms with Gasteiger partial charge in [0, 0.05) is 24.5 Å². The first-order valence-corrected chi connectivity index (χ1v) is 8.57. The molecule has 0 aromatic carbocycles. The largest absolute Gasteiger partial charge is 0.450 e. The number of carbonyl (C=O) groups is 2. The average molecular weight is 349 g/mol. The minimum Gasteiger partial charge on any atom is -0.450 e. The number of alkyl carbamates (subject to hydrolysis) is 1. The molecule has 2 rings (SSSR count). The van der Waals surface area contributed by atoms with E-state index in [2.05, 4.69) is 32.2 Å². The van der Waals surface area contributed by atoms with Gasteiger partial charge in [-0.1, -0.05) is 18.7 Å². The molecule has 24 heavy (non-hydrogen) atoms. The van der Waals surface area contributed by atoms with E-state index in [9.17, 15) is 9.59 Å². The SMILES string of the molecule is CCCn1c(SCC(=O)NC(=O)OCC)nnc1-c1ccncc1. The Bertz CT molecular complexity index is 690. The summed E-state index contributed by atoms with van der Waals surface area (Å²) in [5.41, 5.74) is 0.911. The molecule has 2 aromatic rings. The van der Waals surface area contributed by atoms with Crippen LogP contribution in [-0.4, -0.2) is 44.1 Å². The Kier molecular flexibility index (Phi) is 6.74. The molecule has 0 aliphatic rings. The fraction of sp³-hybridized carbons (Fsp3) is 0.400. The second-order valence-corrected chi connectivity index (χ2v) is 5.69.